The summed E-state index contributed by atoms with van der Waals surface area (Å²) in [6, 6.07) is 8.55. The summed E-state index contributed by atoms with van der Waals surface area (Å²) in [6.45, 7) is 6.14. The summed E-state index contributed by atoms with van der Waals surface area (Å²) in [6.07, 6.45) is 1.58. The summed E-state index contributed by atoms with van der Waals surface area (Å²) < 4.78 is 0. The molecule has 1 amide bonds. The van der Waals surface area contributed by atoms with E-state index in [0.29, 0.717) is 12.3 Å². The summed E-state index contributed by atoms with van der Waals surface area (Å²) in [4.78, 5) is 11.9. The fourth-order valence-electron chi connectivity index (χ4n) is 2.23. The minimum atomic E-state index is 0.145. The third-order valence-corrected chi connectivity index (χ3v) is 3.56. The van der Waals surface area contributed by atoms with Gasteiger partial charge in [-0.15, -0.1) is 0 Å². The van der Waals surface area contributed by atoms with E-state index in [9.17, 15) is 4.79 Å². The smallest absolute Gasteiger partial charge is 0.220 e. The monoisotopic (exact) mass is 246 g/mol. The van der Waals surface area contributed by atoms with Crippen LogP contribution in [0.5, 0.6) is 0 Å². The first-order valence-corrected chi connectivity index (χ1v) is 6.75. The zero-order chi connectivity index (χ0) is 13.0. The van der Waals surface area contributed by atoms with Crippen LogP contribution in [0.1, 0.15) is 36.9 Å². The fourth-order valence-corrected chi connectivity index (χ4v) is 2.23. The van der Waals surface area contributed by atoms with Gasteiger partial charge in [0.1, 0.15) is 0 Å². The van der Waals surface area contributed by atoms with Gasteiger partial charge < -0.3 is 10.6 Å². The predicted molar refractivity (Wildman–Crippen MR) is 73.3 cm³/mol. The molecule has 1 aliphatic rings. The Hall–Kier alpha value is -1.35. The topological polar surface area (TPSA) is 41.1 Å². The van der Waals surface area contributed by atoms with Crippen molar-refractivity contribution in [2.45, 2.75) is 32.7 Å². The van der Waals surface area contributed by atoms with Crippen LogP contribution in [0.4, 0.5) is 0 Å². The summed E-state index contributed by atoms with van der Waals surface area (Å²) in [5, 5.41) is 6.33. The lowest BCUT2D eigenvalue weighted by molar-refractivity contribution is -0.123. The Morgan fingerprint density at radius 2 is 2.06 bits per heavy atom. The molecular formula is C15H22N2O. The molecule has 0 bridgehead atoms. The van der Waals surface area contributed by atoms with Crippen molar-refractivity contribution in [2.75, 3.05) is 13.1 Å². The summed E-state index contributed by atoms with van der Waals surface area (Å²) in [5.41, 5.74) is 2.45. The Morgan fingerprint density at radius 3 is 2.56 bits per heavy atom. The number of carbonyl (C=O) groups excluding carboxylic acids is 1. The predicted octanol–water partition coefficient (Wildman–Crippen LogP) is 2.17. The lowest BCUT2D eigenvalue weighted by Crippen LogP contribution is -2.44. The van der Waals surface area contributed by atoms with Gasteiger partial charge in [0.2, 0.25) is 5.91 Å². The van der Waals surface area contributed by atoms with Crippen LogP contribution >= 0.6 is 0 Å². The van der Waals surface area contributed by atoms with Crippen LogP contribution in [-0.4, -0.2) is 19.0 Å². The van der Waals surface area contributed by atoms with Gasteiger partial charge in [0.15, 0.2) is 0 Å². The molecule has 1 aromatic rings. The number of amides is 1. The van der Waals surface area contributed by atoms with E-state index >= 15 is 0 Å². The Bertz CT molecular complexity index is 395. The van der Waals surface area contributed by atoms with Crippen molar-refractivity contribution in [3.05, 3.63) is 35.4 Å². The number of aryl methyl sites for hydroxylation is 1. The van der Waals surface area contributed by atoms with Gasteiger partial charge in [-0.2, -0.15) is 0 Å². The number of nitrogens with one attached hydrogen (secondary N) is 2. The fraction of sp³-hybridized carbons (Fsp3) is 0.533. The van der Waals surface area contributed by atoms with Crippen LogP contribution in [-0.2, 0) is 4.79 Å². The van der Waals surface area contributed by atoms with Gasteiger partial charge in [0.25, 0.3) is 0 Å². The highest BCUT2D eigenvalue weighted by Gasteiger charge is 2.21. The minimum absolute atomic E-state index is 0.145. The molecule has 1 unspecified atom stereocenters. The molecule has 18 heavy (non-hydrogen) atoms. The van der Waals surface area contributed by atoms with E-state index < -0.39 is 0 Å². The molecule has 3 nitrogen and oxygen atoms in total. The molecular weight excluding hydrogens is 224 g/mol. The van der Waals surface area contributed by atoms with Crippen molar-refractivity contribution in [1.29, 1.82) is 0 Å². The molecule has 0 aromatic heterocycles. The first-order chi connectivity index (χ1) is 8.69. The molecule has 1 aliphatic heterocycles. The highest BCUT2D eigenvalue weighted by molar-refractivity contribution is 5.76. The van der Waals surface area contributed by atoms with Crippen molar-refractivity contribution >= 4 is 5.91 Å². The molecule has 2 rings (SSSR count). The van der Waals surface area contributed by atoms with Crippen molar-refractivity contribution in [1.82, 2.24) is 10.6 Å². The molecule has 0 aliphatic carbocycles. The van der Waals surface area contributed by atoms with Crippen LogP contribution in [0, 0.1) is 12.8 Å². The van der Waals surface area contributed by atoms with Crippen LogP contribution in [0.25, 0.3) is 0 Å². The van der Waals surface area contributed by atoms with Gasteiger partial charge in [-0.25, -0.2) is 0 Å². The maximum Gasteiger partial charge on any atom is 0.220 e. The Balaban J connectivity index is 1.91. The van der Waals surface area contributed by atoms with Crippen molar-refractivity contribution < 1.29 is 4.79 Å². The highest BCUT2D eigenvalue weighted by Crippen LogP contribution is 2.18. The van der Waals surface area contributed by atoms with Gasteiger partial charge >= 0.3 is 0 Å². The van der Waals surface area contributed by atoms with E-state index in [2.05, 4.69) is 48.7 Å². The van der Waals surface area contributed by atoms with Gasteiger partial charge in [0, 0.05) is 6.42 Å². The number of rotatable bonds is 5. The molecule has 1 heterocycles. The average Bonchev–Trinajstić information content (AvgIpc) is 2.32. The molecule has 2 N–H and O–H groups in total. The molecule has 0 radical (unpaired) electrons. The van der Waals surface area contributed by atoms with E-state index in [0.717, 1.165) is 19.5 Å². The SMILES string of the molecule is CCC(NC(=O)CC1CNC1)c1ccc(C)cc1. The Morgan fingerprint density at radius 1 is 1.39 bits per heavy atom. The third-order valence-electron chi connectivity index (χ3n) is 3.56. The van der Waals surface area contributed by atoms with E-state index in [1.54, 1.807) is 0 Å². The maximum absolute atomic E-state index is 11.9. The second kappa shape index (κ2) is 6.01. The van der Waals surface area contributed by atoms with Gasteiger partial charge in [-0.05, 0) is 37.9 Å². The number of carbonyl (C=O) groups is 1. The van der Waals surface area contributed by atoms with E-state index in [1.165, 1.54) is 11.1 Å². The largest absolute Gasteiger partial charge is 0.349 e. The zero-order valence-corrected chi connectivity index (χ0v) is 11.2. The molecule has 1 saturated heterocycles. The molecule has 1 atom stereocenters. The maximum atomic E-state index is 11.9. The Labute approximate surface area is 109 Å². The lowest BCUT2D eigenvalue weighted by atomic mass is 9.98. The van der Waals surface area contributed by atoms with E-state index in [1.807, 2.05) is 0 Å². The molecule has 98 valence electrons. The van der Waals surface area contributed by atoms with Gasteiger partial charge in [0.05, 0.1) is 6.04 Å². The second-order valence-corrected chi connectivity index (χ2v) is 5.17. The summed E-state index contributed by atoms with van der Waals surface area (Å²) in [5.74, 6) is 0.703. The highest BCUT2D eigenvalue weighted by atomic mass is 16.1. The zero-order valence-electron chi connectivity index (χ0n) is 11.2. The van der Waals surface area contributed by atoms with Crippen LogP contribution < -0.4 is 10.6 Å². The molecule has 0 spiro atoms. The number of hydrogen-bond acceptors (Lipinski definition) is 2. The van der Waals surface area contributed by atoms with Gasteiger partial charge in [-0.1, -0.05) is 36.8 Å². The van der Waals surface area contributed by atoms with Crippen molar-refractivity contribution in [3.8, 4) is 0 Å². The number of hydrogen-bond donors (Lipinski definition) is 2. The minimum Gasteiger partial charge on any atom is -0.349 e. The first kappa shape index (κ1) is 13.1. The molecule has 1 fully saturated rings. The summed E-state index contributed by atoms with van der Waals surface area (Å²) in [7, 11) is 0. The normalized spacial score (nSPS) is 17.0. The van der Waals surface area contributed by atoms with Crippen LogP contribution in [0.2, 0.25) is 0 Å². The lowest BCUT2D eigenvalue weighted by Gasteiger charge is -2.27. The first-order valence-electron chi connectivity index (χ1n) is 6.75. The number of benzene rings is 1. The molecule has 3 heteroatoms. The van der Waals surface area contributed by atoms with Gasteiger partial charge in [-0.3, -0.25) is 4.79 Å². The van der Waals surface area contributed by atoms with E-state index in [-0.39, 0.29) is 11.9 Å². The quantitative estimate of drug-likeness (QED) is 0.836. The van der Waals surface area contributed by atoms with Crippen LogP contribution in [0.15, 0.2) is 24.3 Å². The standard InChI is InChI=1S/C15H22N2O/c1-3-14(13-6-4-11(2)5-7-13)17-15(18)8-12-9-16-10-12/h4-7,12,14,16H,3,8-10H2,1-2H3,(H,17,18). The van der Waals surface area contributed by atoms with Crippen molar-refractivity contribution in [2.24, 2.45) is 5.92 Å². The third kappa shape index (κ3) is 3.33. The molecule has 1 aromatic carbocycles. The second-order valence-electron chi connectivity index (χ2n) is 5.17. The average molecular weight is 246 g/mol. The van der Waals surface area contributed by atoms with E-state index in [4.69, 9.17) is 0 Å². The van der Waals surface area contributed by atoms with Crippen molar-refractivity contribution in [3.63, 3.8) is 0 Å². The molecule has 0 saturated carbocycles. The summed E-state index contributed by atoms with van der Waals surface area (Å²) >= 11 is 0. The Kier molecular flexibility index (Phi) is 4.37. The van der Waals surface area contributed by atoms with Crippen LogP contribution in [0.3, 0.4) is 0 Å².